The topological polar surface area (TPSA) is 130 Å². The zero-order valence-corrected chi connectivity index (χ0v) is 23.6. The van der Waals surface area contributed by atoms with E-state index in [-0.39, 0.29) is 30.3 Å². The van der Waals surface area contributed by atoms with E-state index in [1.165, 1.54) is 6.26 Å². The fourth-order valence-electron chi connectivity index (χ4n) is 5.65. The fourth-order valence-corrected chi connectivity index (χ4v) is 5.65. The van der Waals surface area contributed by atoms with E-state index >= 15 is 0 Å². The highest BCUT2D eigenvalue weighted by Crippen LogP contribution is 2.34. The van der Waals surface area contributed by atoms with Crippen molar-refractivity contribution in [3.63, 3.8) is 0 Å². The lowest BCUT2D eigenvalue weighted by Crippen LogP contribution is -2.64. The Labute approximate surface area is 225 Å². The summed E-state index contributed by atoms with van der Waals surface area (Å²) in [5.41, 5.74) is -1.82. The molecule has 2 aliphatic rings. The molecule has 212 valence electrons. The molecule has 4 amide bonds. The molecule has 1 saturated heterocycles. The Bertz CT molecular complexity index is 978. The minimum atomic E-state index is -1.18. The molecule has 1 aliphatic heterocycles. The van der Waals surface area contributed by atoms with E-state index in [9.17, 15) is 19.2 Å². The Hall–Kier alpha value is -3.04. The number of likely N-dealkylation sites (N-methyl/N-ethyl adjacent to an activating group) is 1. The molecular weight excluding hydrogens is 488 g/mol. The minimum Gasteiger partial charge on any atom is -0.466 e. The standard InChI is InChI=1S/C28H44N4O6/c1-18(2)20-12-15-32(21(20)23(33)29-6)24(34)22(27(3,4)5)30-26(36)31-28(13-8-7-9-14-28)25(35)38-17-19-11-10-16-37-19/h10-11,16,18,20-22H,7-9,12-15,17H2,1-6H3,(H,29,33)(H2,30,31,36)/t20-,21+,22-/m1/s1. The molecule has 3 atom stereocenters. The molecule has 1 aromatic rings. The number of amides is 4. The van der Waals surface area contributed by atoms with Gasteiger partial charge in [0, 0.05) is 13.6 Å². The summed E-state index contributed by atoms with van der Waals surface area (Å²) in [5.74, 6) is -0.250. The summed E-state index contributed by atoms with van der Waals surface area (Å²) in [6.45, 7) is 10.1. The Morgan fingerprint density at radius 2 is 1.84 bits per heavy atom. The van der Waals surface area contributed by atoms with Gasteiger partial charge in [-0.15, -0.1) is 0 Å². The van der Waals surface area contributed by atoms with Gasteiger partial charge in [-0.3, -0.25) is 9.59 Å². The average Bonchev–Trinajstić information content (AvgIpc) is 3.55. The lowest BCUT2D eigenvalue weighted by atomic mass is 9.81. The van der Waals surface area contributed by atoms with E-state index in [1.54, 1.807) is 24.1 Å². The van der Waals surface area contributed by atoms with E-state index < -0.39 is 35.0 Å². The molecule has 2 fully saturated rings. The number of urea groups is 1. The second kappa shape index (κ2) is 12.2. The highest BCUT2D eigenvalue weighted by atomic mass is 16.5. The van der Waals surface area contributed by atoms with Gasteiger partial charge >= 0.3 is 12.0 Å². The Morgan fingerprint density at radius 1 is 1.16 bits per heavy atom. The lowest BCUT2D eigenvalue weighted by molar-refractivity contribution is -0.154. The first kappa shape index (κ1) is 29.5. The van der Waals surface area contributed by atoms with Crippen LogP contribution in [0.4, 0.5) is 4.79 Å². The van der Waals surface area contributed by atoms with Crippen molar-refractivity contribution in [2.24, 2.45) is 17.3 Å². The van der Waals surface area contributed by atoms with Gasteiger partial charge in [0.1, 0.15) is 30.0 Å². The zero-order chi connectivity index (χ0) is 28.1. The van der Waals surface area contributed by atoms with E-state index in [2.05, 4.69) is 29.8 Å². The third kappa shape index (κ3) is 6.69. The number of nitrogens with one attached hydrogen (secondary N) is 3. The second-order valence-electron chi connectivity index (χ2n) is 12.0. The van der Waals surface area contributed by atoms with Crippen LogP contribution in [0.25, 0.3) is 0 Å². The van der Waals surface area contributed by atoms with Crippen LogP contribution in [0.15, 0.2) is 22.8 Å². The number of ether oxygens (including phenoxy) is 1. The molecule has 1 aliphatic carbocycles. The average molecular weight is 533 g/mol. The van der Waals surface area contributed by atoms with E-state index in [4.69, 9.17) is 9.15 Å². The first-order valence-corrected chi connectivity index (χ1v) is 13.7. The monoisotopic (exact) mass is 532 g/mol. The van der Waals surface area contributed by atoms with Crippen LogP contribution in [0.5, 0.6) is 0 Å². The number of hydrogen-bond donors (Lipinski definition) is 3. The second-order valence-corrected chi connectivity index (χ2v) is 12.0. The summed E-state index contributed by atoms with van der Waals surface area (Å²) in [7, 11) is 1.57. The quantitative estimate of drug-likeness (QED) is 0.440. The van der Waals surface area contributed by atoms with Crippen molar-refractivity contribution in [1.29, 1.82) is 0 Å². The molecule has 38 heavy (non-hydrogen) atoms. The normalized spacial score (nSPS) is 22.0. The number of rotatable bonds is 8. The molecular formula is C28H44N4O6. The number of likely N-dealkylation sites (tertiary alicyclic amines) is 1. The molecule has 1 aromatic heterocycles. The van der Waals surface area contributed by atoms with Crippen molar-refractivity contribution in [2.75, 3.05) is 13.6 Å². The number of esters is 1. The number of furan rings is 1. The van der Waals surface area contributed by atoms with Crippen molar-refractivity contribution in [2.45, 2.75) is 97.4 Å². The predicted molar refractivity (Wildman–Crippen MR) is 142 cm³/mol. The Balaban J connectivity index is 1.77. The Kier molecular flexibility index (Phi) is 9.49. The van der Waals surface area contributed by atoms with Gasteiger partial charge in [-0.25, -0.2) is 9.59 Å². The number of carbonyl (C=O) groups excluding carboxylic acids is 4. The van der Waals surface area contributed by atoms with Gasteiger partial charge < -0.3 is 30.0 Å². The molecule has 1 saturated carbocycles. The van der Waals surface area contributed by atoms with Crippen molar-refractivity contribution in [3.05, 3.63) is 24.2 Å². The van der Waals surface area contributed by atoms with Crippen LogP contribution >= 0.6 is 0 Å². The fraction of sp³-hybridized carbons (Fsp3) is 0.714. The molecule has 0 radical (unpaired) electrons. The molecule has 3 N–H and O–H groups in total. The maximum atomic E-state index is 13.9. The molecule has 3 rings (SSSR count). The first-order chi connectivity index (χ1) is 17.9. The van der Waals surface area contributed by atoms with Crippen LogP contribution < -0.4 is 16.0 Å². The van der Waals surface area contributed by atoms with Gasteiger partial charge in [-0.2, -0.15) is 0 Å². The van der Waals surface area contributed by atoms with E-state index in [0.717, 1.165) is 25.7 Å². The van der Waals surface area contributed by atoms with Gasteiger partial charge in [0.15, 0.2) is 0 Å². The summed E-state index contributed by atoms with van der Waals surface area (Å²) in [4.78, 5) is 54.9. The van der Waals surface area contributed by atoms with E-state index in [1.807, 2.05) is 20.8 Å². The number of hydrogen-bond acceptors (Lipinski definition) is 6. The van der Waals surface area contributed by atoms with Gasteiger partial charge in [0.25, 0.3) is 0 Å². The highest BCUT2D eigenvalue weighted by Gasteiger charge is 2.48. The van der Waals surface area contributed by atoms with Crippen molar-refractivity contribution < 1.29 is 28.3 Å². The van der Waals surface area contributed by atoms with Crippen LogP contribution in [0, 0.1) is 17.3 Å². The van der Waals surface area contributed by atoms with Crippen LogP contribution in [-0.4, -0.2) is 59.9 Å². The predicted octanol–water partition coefficient (Wildman–Crippen LogP) is 3.36. The summed E-state index contributed by atoms with van der Waals surface area (Å²) in [5, 5.41) is 8.43. The largest absolute Gasteiger partial charge is 0.466 e. The van der Waals surface area contributed by atoms with Gasteiger partial charge in [0.2, 0.25) is 11.8 Å². The number of nitrogens with zero attached hydrogens (tertiary/aromatic N) is 1. The van der Waals surface area contributed by atoms with Gasteiger partial charge in [-0.1, -0.05) is 53.9 Å². The molecule has 10 heteroatoms. The van der Waals surface area contributed by atoms with E-state index in [0.29, 0.717) is 25.1 Å². The zero-order valence-electron chi connectivity index (χ0n) is 23.6. The smallest absolute Gasteiger partial charge is 0.332 e. The lowest BCUT2D eigenvalue weighted by Gasteiger charge is -2.39. The van der Waals surface area contributed by atoms with Crippen molar-refractivity contribution in [1.82, 2.24) is 20.9 Å². The van der Waals surface area contributed by atoms with Crippen molar-refractivity contribution >= 4 is 23.8 Å². The van der Waals surface area contributed by atoms with Crippen molar-refractivity contribution in [3.8, 4) is 0 Å². The van der Waals surface area contributed by atoms with Crippen LogP contribution in [0.2, 0.25) is 0 Å². The summed E-state index contributed by atoms with van der Waals surface area (Å²) < 4.78 is 10.8. The molecule has 2 heterocycles. The molecule has 0 aromatic carbocycles. The maximum Gasteiger partial charge on any atom is 0.332 e. The van der Waals surface area contributed by atoms with Gasteiger partial charge in [0.05, 0.1) is 6.26 Å². The molecule has 0 bridgehead atoms. The third-order valence-electron chi connectivity index (χ3n) is 7.86. The van der Waals surface area contributed by atoms with Crippen LogP contribution in [0.1, 0.15) is 78.9 Å². The van der Waals surface area contributed by atoms with Crippen LogP contribution in [0.3, 0.4) is 0 Å². The summed E-state index contributed by atoms with van der Waals surface area (Å²) in [6, 6.07) is 1.33. The summed E-state index contributed by atoms with van der Waals surface area (Å²) in [6.07, 6.45) is 5.64. The molecule has 10 nitrogen and oxygen atoms in total. The molecule has 0 unspecified atom stereocenters. The highest BCUT2D eigenvalue weighted by molar-refractivity contribution is 5.94. The number of carbonyl (C=O) groups is 4. The minimum absolute atomic E-state index is 0.0210. The summed E-state index contributed by atoms with van der Waals surface area (Å²) >= 11 is 0. The SMILES string of the molecule is CNC(=O)[C@@H]1[C@@H](C(C)C)CCN1C(=O)[C@@H](NC(=O)NC1(C(=O)OCc2ccco2)CCCCC1)C(C)(C)C. The third-order valence-corrected chi connectivity index (χ3v) is 7.86. The first-order valence-electron chi connectivity index (χ1n) is 13.7. The van der Waals surface area contributed by atoms with Crippen LogP contribution in [-0.2, 0) is 25.7 Å². The van der Waals surface area contributed by atoms with Gasteiger partial charge in [-0.05, 0) is 48.6 Å². The molecule has 0 spiro atoms. The maximum absolute atomic E-state index is 13.9. The Morgan fingerprint density at radius 3 is 2.39 bits per heavy atom.